The molecule has 0 radical (unpaired) electrons. The van der Waals surface area contributed by atoms with Crippen LogP contribution in [-0.4, -0.2) is 42.6 Å². The monoisotopic (exact) mass is 479 g/mol. The highest BCUT2D eigenvalue weighted by atomic mass is 32.2. The van der Waals surface area contributed by atoms with Crippen molar-refractivity contribution in [1.82, 2.24) is 8.87 Å². The van der Waals surface area contributed by atoms with Crippen LogP contribution in [-0.2, 0) is 21.4 Å². The number of carbonyl (C=O) groups excluding carboxylic acids is 1. The van der Waals surface area contributed by atoms with E-state index in [1.54, 1.807) is 17.5 Å². The van der Waals surface area contributed by atoms with Gasteiger partial charge in [-0.15, -0.1) is 11.3 Å². The van der Waals surface area contributed by atoms with E-state index >= 15 is 0 Å². The first-order valence-corrected chi connectivity index (χ1v) is 13.2. The van der Waals surface area contributed by atoms with Crippen LogP contribution in [0.4, 0.5) is 0 Å². The van der Waals surface area contributed by atoms with Crippen molar-refractivity contribution in [2.45, 2.75) is 43.0 Å². The van der Waals surface area contributed by atoms with Crippen LogP contribution in [0, 0.1) is 0 Å². The van der Waals surface area contributed by atoms with Gasteiger partial charge in [-0.3, -0.25) is 4.79 Å². The fraction of sp³-hybridized carbons (Fsp3) is 0.400. The van der Waals surface area contributed by atoms with Crippen molar-refractivity contribution in [2.24, 2.45) is 4.99 Å². The van der Waals surface area contributed by atoms with Crippen molar-refractivity contribution in [2.75, 3.05) is 13.3 Å². The summed E-state index contributed by atoms with van der Waals surface area (Å²) in [5, 5.41) is 1.73. The molecule has 5 rings (SSSR count). The molecule has 1 saturated heterocycles. The summed E-state index contributed by atoms with van der Waals surface area (Å²) in [6, 6.07) is 6.29. The number of nitrogens with zero attached hydrogens (tertiary/aromatic N) is 3. The molecular formula is C20H21N3O5S3. The van der Waals surface area contributed by atoms with Crippen molar-refractivity contribution in [3.8, 4) is 11.5 Å². The number of thiophene rings is 1. The first-order chi connectivity index (χ1) is 15.0. The highest BCUT2D eigenvalue weighted by Crippen LogP contribution is 2.37. The van der Waals surface area contributed by atoms with Gasteiger partial charge >= 0.3 is 0 Å². The maximum Gasteiger partial charge on any atom is 0.266 e. The molecule has 0 N–H and O–H groups in total. The van der Waals surface area contributed by atoms with Crippen molar-refractivity contribution in [1.29, 1.82) is 0 Å². The normalized spacial score (nSPS) is 19.9. The Hall–Kier alpha value is -2.21. The highest BCUT2D eigenvalue weighted by Gasteiger charge is 2.38. The van der Waals surface area contributed by atoms with Gasteiger partial charge < -0.3 is 14.0 Å². The van der Waals surface area contributed by atoms with Gasteiger partial charge in [-0.1, -0.05) is 23.8 Å². The molecule has 164 valence electrons. The Labute approximate surface area is 187 Å². The van der Waals surface area contributed by atoms with Gasteiger partial charge in [0, 0.05) is 25.2 Å². The van der Waals surface area contributed by atoms with Gasteiger partial charge in [-0.05, 0) is 31.2 Å². The van der Waals surface area contributed by atoms with Crippen LogP contribution in [0.5, 0.6) is 11.5 Å². The van der Waals surface area contributed by atoms with Crippen LogP contribution in [0.25, 0.3) is 10.2 Å². The number of ether oxygens (including phenoxy) is 2. The SMILES string of the molecule is CCn1c(=NC(=O)C2CCCCN2S(=O)(=O)c2cccs2)sc2cc3c(cc21)OCO3. The summed E-state index contributed by atoms with van der Waals surface area (Å²) in [5.41, 5.74) is 0.912. The Kier molecular flexibility index (Phi) is 5.37. The number of sulfonamides is 1. The van der Waals surface area contributed by atoms with Gasteiger partial charge in [0.05, 0.1) is 10.2 Å². The molecule has 31 heavy (non-hydrogen) atoms. The fourth-order valence-corrected chi connectivity index (χ4v) is 7.86. The number of aryl methyl sites for hydroxylation is 1. The second-order valence-corrected chi connectivity index (χ2v) is 11.4. The molecule has 0 spiro atoms. The molecule has 11 heteroatoms. The number of fused-ring (bicyclic) bond motifs is 2. The van der Waals surface area contributed by atoms with Crippen LogP contribution < -0.4 is 14.3 Å². The summed E-state index contributed by atoms with van der Waals surface area (Å²) >= 11 is 2.55. The highest BCUT2D eigenvalue weighted by molar-refractivity contribution is 7.91. The summed E-state index contributed by atoms with van der Waals surface area (Å²) in [6.45, 7) is 3.13. The Morgan fingerprint density at radius 1 is 1.26 bits per heavy atom. The molecule has 2 aromatic heterocycles. The molecule has 0 aliphatic carbocycles. The third kappa shape index (κ3) is 3.59. The van der Waals surface area contributed by atoms with E-state index in [0.717, 1.165) is 34.4 Å². The molecule has 2 aliphatic heterocycles. The molecule has 1 amide bonds. The minimum atomic E-state index is -3.72. The van der Waals surface area contributed by atoms with Crippen LogP contribution >= 0.6 is 22.7 Å². The molecule has 1 aromatic carbocycles. The predicted octanol–water partition coefficient (Wildman–Crippen LogP) is 3.18. The van der Waals surface area contributed by atoms with E-state index < -0.39 is 22.0 Å². The third-order valence-electron chi connectivity index (χ3n) is 5.50. The van der Waals surface area contributed by atoms with Gasteiger partial charge in [-0.2, -0.15) is 9.30 Å². The Bertz CT molecular complexity index is 1310. The molecule has 1 atom stereocenters. The largest absolute Gasteiger partial charge is 0.454 e. The van der Waals surface area contributed by atoms with E-state index in [-0.39, 0.29) is 11.0 Å². The Morgan fingerprint density at radius 3 is 2.81 bits per heavy atom. The number of hydrogen-bond donors (Lipinski definition) is 0. The average molecular weight is 480 g/mol. The van der Waals surface area contributed by atoms with Crippen LogP contribution in [0.1, 0.15) is 26.2 Å². The van der Waals surface area contributed by atoms with E-state index in [9.17, 15) is 13.2 Å². The van der Waals surface area contributed by atoms with Crippen LogP contribution in [0.3, 0.4) is 0 Å². The molecule has 3 aromatic rings. The van der Waals surface area contributed by atoms with E-state index in [0.29, 0.717) is 35.8 Å². The van der Waals surface area contributed by atoms with Gasteiger partial charge in [0.1, 0.15) is 10.3 Å². The van der Waals surface area contributed by atoms with Crippen LogP contribution in [0.15, 0.2) is 38.8 Å². The molecule has 8 nitrogen and oxygen atoms in total. The van der Waals surface area contributed by atoms with Crippen LogP contribution in [0.2, 0.25) is 0 Å². The quantitative estimate of drug-likeness (QED) is 0.573. The van der Waals surface area contributed by atoms with Gasteiger partial charge in [-0.25, -0.2) is 8.42 Å². The molecule has 1 fully saturated rings. The van der Waals surface area contributed by atoms with Gasteiger partial charge in [0.2, 0.25) is 6.79 Å². The summed E-state index contributed by atoms with van der Waals surface area (Å²) in [5.74, 6) is 0.926. The number of hydrogen-bond acceptors (Lipinski definition) is 7. The number of carbonyl (C=O) groups is 1. The molecular weight excluding hydrogens is 458 g/mol. The molecule has 0 saturated carbocycles. The zero-order valence-corrected chi connectivity index (χ0v) is 19.3. The van der Waals surface area contributed by atoms with E-state index in [2.05, 4.69) is 4.99 Å². The number of piperidine rings is 1. The van der Waals surface area contributed by atoms with Gasteiger partial charge in [0.15, 0.2) is 16.3 Å². The second kappa shape index (κ2) is 8.05. The van der Waals surface area contributed by atoms with E-state index in [1.165, 1.54) is 15.6 Å². The number of benzene rings is 1. The second-order valence-electron chi connectivity index (χ2n) is 7.31. The lowest BCUT2D eigenvalue weighted by Crippen LogP contribution is -2.47. The number of rotatable bonds is 4. The lowest BCUT2D eigenvalue weighted by atomic mass is 10.0. The molecule has 4 heterocycles. The summed E-state index contributed by atoms with van der Waals surface area (Å²) in [7, 11) is -3.72. The predicted molar refractivity (Wildman–Crippen MR) is 118 cm³/mol. The minimum Gasteiger partial charge on any atom is -0.454 e. The minimum absolute atomic E-state index is 0.199. The van der Waals surface area contributed by atoms with Crippen molar-refractivity contribution in [3.63, 3.8) is 0 Å². The molecule has 2 aliphatic rings. The Balaban J connectivity index is 1.54. The van der Waals surface area contributed by atoms with Gasteiger partial charge in [0.25, 0.3) is 15.9 Å². The zero-order chi connectivity index (χ0) is 21.6. The lowest BCUT2D eigenvalue weighted by molar-refractivity contribution is -0.122. The first-order valence-electron chi connectivity index (χ1n) is 10.1. The third-order valence-corrected chi connectivity index (χ3v) is 9.82. The Morgan fingerprint density at radius 2 is 2.06 bits per heavy atom. The van der Waals surface area contributed by atoms with E-state index in [4.69, 9.17) is 9.47 Å². The average Bonchev–Trinajstić information content (AvgIpc) is 3.51. The standard InChI is InChI=1S/C20H21N3O5S3/c1-2-22-14-10-15-16(28-12-27-15)11-17(14)30-20(22)21-19(24)13-6-3-4-8-23(13)31(25,26)18-7-5-9-29-18/h5,7,9-11,13H,2-4,6,8,12H2,1H3. The fourth-order valence-electron chi connectivity index (χ4n) is 3.98. The maximum atomic E-state index is 13.2. The number of aromatic nitrogens is 1. The topological polar surface area (TPSA) is 90.2 Å². The number of amides is 1. The summed E-state index contributed by atoms with van der Waals surface area (Å²) in [4.78, 5) is 18.2. The number of thiazole rings is 1. The molecule has 0 bridgehead atoms. The van der Waals surface area contributed by atoms with E-state index in [1.807, 2.05) is 23.6 Å². The zero-order valence-electron chi connectivity index (χ0n) is 16.8. The summed E-state index contributed by atoms with van der Waals surface area (Å²) < 4.78 is 41.6. The summed E-state index contributed by atoms with van der Waals surface area (Å²) in [6.07, 6.45) is 2.00. The van der Waals surface area contributed by atoms with Crippen molar-refractivity contribution in [3.05, 3.63) is 34.4 Å². The maximum absolute atomic E-state index is 13.2. The van der Waals surface area contributed by atoms with Crippen molar-refractivity contribution >= 4 is 48.8 Å². The van der Waals surface area contributed by atoms with Crippen molar-refractivity contribution < 1.29 is 22.7 Å². The lowest BCUT2D eigenvalue weighted by Gasteiger charge is -2.31. The smallest absolute Gasteiger partial charge is 0.266 e. The first kappa shape index (κ1) is 20.7. The molecule has 1 unspecified atom stereocenters.